The molecule has 1 N–H and O–H groups in total. The van der Waals surface area contributed by atoms with Crippen molar-refractivity contribution in [2.24, 2.45) is 10.9 Å². The highest BCUT2D eigenvalue weighted by Gasteiger charge is 2.35. The van der Waals surface area contributed by atoms with Gasteiger partial charge in [-0.05, 0) is 37.6 Å². The van der Waals surface area contributed by atoms with E-state index >= 15 is 0 Å². The number of likely N-dealkylation sites (tertiary alicyclic amines) is 1. The number of thiophene rings is 1. The first-order chi connectivity index (χ1) is 12.3. The van der Waals surface area contributed by atoms with Gasteiger partial charge in [0.25, 0.3) is 0 Å². The van der Waals surface area contributed by atoms with Crippen molar-refractivity contribution in [2.75, 3.05) is 39.9 Å². The lowest BCUT2D eigenvalue weighted by Gasteiger charge is -2.38. The Bertz CT molecular complexity index is 543. The van der Waals surface area contributed by atoms with Crippen molar-refractivity contribution in [3.63, 3.8) is 0 Å². The fourth-order valence-corrected chi connectivity index (χ4v) is 5.33. The third-order valence-electron chi connectivity index (χ3n) is 5.79. The Morgan fingerprint density at radius 3 is 2.85 bits per heavy atom. The van der Waals surface area contributed by atoms with Crippen LogP contribution in [0.25, 0.3) is 0 Å². The maximum Gasteiger partial charge on any atom is 0.193 e. The third-order valence-corrected chi connectivity index (χ3v) is 6.91. The summed E-state index contributed by atoms with van der Waals surface area (Å²) < 4.78 is 5.61. The van der Waals surface area contributed by atoms with Crippen LogP contribution in [0.5, 0.6) is 0 Å². The summed E-state index contributed by atoms with van der Waals surface area (Å²) in [7, 11) is 1.91. The van der Waals surface area contributed by atoms with Gasteiger partial charge >= 0.3 is 0 Å². The molecule has 2 aliphatic rings. The molecular formula is C20H34IN3OS. The molecular weight excluding hydrogens is 457 g/mol. The molecule has 3 rings (SSSR count). The van der Waals surface area contributed by atoms with Crippen LogP contribution in [0.3, 0.4) is 0 Å². The number of hydrogen-bond acceptors (Lipinski definition) is 3. The van der Waals surface area contributed by atoms with Crippen LogP contribution in [0, 0.1) is 5.92 Å². The molecule has 2 heterocycles. The van der Waals surface area contributed by atoms with Crippen molar-refractivity contribution in [2.45, 2.75) is 50.9 Å². The van der Waals surface area contributed by atoms with E-state index in [-0.39, 0.29) is 24.0 Å². The van der Waals surface area contributed by atoms with Crippen molar-refractivity contribution >= 4 is 41.3 Å². The Hall–Kier alpha value is -0.340. The van der Waals surface area contributed by atoms with E-state index in [0.717, 1.165) is 38.8 Å². The molecule has 0 radical (unpaired) electrons. The highest BCUT2D eigenvalue weighted by Crippen LogP contribution is 2.41. The zero-order valence-corrected chi connectivity index (χ0v) is 19.4. The monoisotopic (exact) mass is 491 g/mol. The van der Waals surface area contributed by atoms with E-state index in [9.17, 15) is 0 Å². The molecule has 1 unspecified atom stereocenters. The van der Waals surface area contributed by atoms with E-state index in [0.29, 0.717) is 11.3 Å². The summed E-state index contributed by atoms with van der Waals surface area (Å²) in [6.07, 6.45) is 7.87. The molecule has 1 aliphatic carbocycles. The van der Waals surface area contributed by atoms with Crippen molar-refractivity contribution in [1.82, 2.24) is 10.2 Å². The van der Waals surface area contributed by atoms with Crippen LogP contribution in [0.1, 0.15) is 50.3 Å². The molecule has 6 heteroatoms. The van der Waals surface area contributed by atoms with E-state index in [4.69, 9.17) is 4.74 Å². The first kappa shape index (κ1) is 22.0. The quantitative estimate of drug-likeness (QED) is 0.362. The van der Waals surface area contributed by atoms with Crippen LogP contribution in [0.4, 0.5) is 0 Å². The van der Waals surface area contributed by atoms with Crippen molar-refractivity contribution in [1.29, 1.82) is 0 Å². The second-order valence-electron chi connectivity index (χ2n) is 7.48. The molecule has 0 aromatic carbocycles. The van der Waals surface area contributed by atoms with Crippen molar-refractivity contribution in [3.05, 3.63) is 22.4 Å². The smallest absolute Gasteiger partial charge is 0.193 e. The van der Waals surface area contributed by atoms with Gasteiger partial charge in [-0.15, -0.1) is 35.3 Å². The van der Waals surface area contributed by atoms with Gasteiger partial charge in [-0.2, -0.15) is 0 Å². The summed E-state index contributed by atoms with van der Waals surface area (Å²) in [5, 5.41) is 5.95. The van der Waals surface area contributed by atoms with Gasteiger partial charge in [0.05, 0.1) is 6.61 Å². The molecule has 1 aromatic rings. The topological polar surface area (TPSA) is 36.9 Å². The average Bonchev–Trinajstić information content (AvgIpc) is 3.34. The summed E-state index contributed by atoms with van der Waals surface area (Å²) in [6.45, 7) is 6.92. The van der Waals surface area contributed by atoms with Gasteiger partial charge in [0.15, 0.2) is 5.96 Å². The zero-order valence-electron chi connectivity index (χ0n) is 16.2. The minimum absolute atomic E-state index is 0. The molecule has 2 fully saturated rings. The second-order valence-corrected chi connectivity index (χ2v) is 8.43. The molecule has 0 bridgehead atoms. The second kappa shape index (κ2) is 10.9. The highest BCUT2D eigenvalue weighted by molar-refractivity contribution is 14.0. The minimum Gasteiger partial charge on any atom is -0.381 e. The third kappa shape index (κ3) is 5.35. The molecule has 1 atom stereocenters. The van der Waals surface area contributed by atoms with Gasteiger partial charge in [-0.1, -0.05) is 25.3 Å². The van der Waals surface area contributed by atoms with Crippen molar-refractivity contribution in [3.8, 4) is 0 Å². The number of ether oxygens (including phenoxy) is 1. The van der Waals surface area contributed by atoms with Gasteiger partial charge in [0.2, 0.25) is 0 Å². The maximum absolute atomic E-state index is 5.61. The maximum atomic E-state index is 5.61. The van der Waals surface area contributed by atoms with Gasteiger partial charge in [0.1, 0.15) is 0 Å². The largest absolute Gasteiger partial charge is 0.381 e. The van der Waals surface area contributed by atoms with Gasteiger partial charge in [-0.3, -0.25) is 4.99 Å². The number of halogens is 1. The molecule has 1 saturated heterocycles. The minimum atomic E-state index is 0. The van der Waals surface area contributed by atoms with E-state index < -0.39 is 0 Å². The van der Waals surface area contributed by atoms with E-state index in [2.05, 4.69) is 39.6 Å². The zero-order chi connectivity index (χ0) is 17.5. The van der Waals surface area contributed by atoms with Gasteiger partial charge in [0, 0.05) is 49.5 Å². The lowest BCUT2D eigenvalue weighted by Crippen LogP contribution is -2.47. The molecule has 1 saturated carbocycles. The Morgan fingerprint density at radius 1 is 1.38 bits per heavy atom. The number of nitrogens with one attached hydrogen (secondary N) is 1. The van der Waals surface area contributed by atoms with Crippen molar-refractivity contribution < 1.29 is 4.74 Å². The fourth-order valence-electron chi connectivity index (χ4n) is 4.35. The lowest BCUT2D eigenvalue weighted by atomic mass is 9.73. The first-order valence-electron chi connectivity index (χ1n) is 9.85. The summed E-state index contributed by atoms with van der Waals surface area (Å²) >= 11 is 1.92. The summed E-state index contributed by atoms with van der Waals surface area (Å²) in [4.78, 5) is 8.53. The van der Waals surface area contributed by atoms with Gasteiger partial charge < -0.3 is 15.0 Å². The molecule has 1 aliphatic heterocycles. The first-order valence-corrected chi connectivity index (χ1v) is 10.7. The van der Waals surface area contributed by atoms with E-state index in [1.54, 1.807) is 4.88 Å². The molecule has 0 amide bonds. The number of nitrogens with zero attached hydrogens (tertiary/aromatic N) is 2. The Labute approximate surface area is 179 Å². The summed E-state index contributed by atoms with van der Waals surface area (Å²) in [6, 6.07) is 4.53. The highest BCUT2D eigenvalue weighted by atomic mass is 127. The Kier molecular flexibility index (Phi) is 9.17. The number of hydrogen-bond donors (Lipinski definition) is 1. The SMILES string of the molecule is CCOCC1CCN(C(=NC)NCC2(c3cccs3)CCCCC2)C1.I. The van der Waals surface area contributed by atoms with E-state index in [1.165, 1.54) is 38.5 Å². The van der Waals surface area contributed by atoms with Crippen LogP contribution in [0.15, 0.2) is 22.5 Å². The number of rotatable bonds is 6. The van der Waals surface area contributed by atoms with Crippen LogP contribution in [-0.4, -0.2) is 50.8 Å². The van der Waals surface area contributed by atoms with E-state index in [1.807, 2.05) is 18.4 Å². The Morgan fingerprint density at radius 2 is 2.19 bits per heavy atom. The fraction of sp³-hybridized carbons (Fsp3) is 0.750. The standard InChI is InChI=1S/C20H33N3OS.HI/c1-3-24-15-17-9-12-23(14-17)19(21-2)22-16-20(10-5-4-6-11-20)18-8-7-13-25-18;/h7-8,13,17H,3-6,9-12,14-16H2,1-2H3,(H,21,22);1H. The van der Waals surface area contributed by atoms with Crippen LogP contribution in [0.2, 0.25) is 0 Å². The normalized spacial score (nSPS) is 22.9. The molecule has 1 aromatic heterocycles. The number of aliphatic imine (C=N–C) groups is 1. The summed E-state index contributed by atoms with van der Waals surface area (Å²) in [5.41, 5.74) is 0.298. The average molecular weight is 491 g/mol. The molecule has 0 spiro atoms. The summed E-state index contributed by atoms with van der Waals surface area (Å²) in [5.74, 6) is 1.71. The number of guanidine groups is 1. The van der Waals surface area contributed by atoms with Crippen LogP contribution in [-0.2, 0) is 10.2 Å². The molecule has 148 valence electrons. The van der Waals surface area contributed by atoms with Crippen LogP contribution >= 0.6 is 35.3 Å². The molecule has 26 heavy (non-hydrogen) atoms. The van der Waals surface area contributed by atoms with Gasteiger partial charge in [-0.25, -0.2) is 0 Å². The predicted molar refractivity (Wildman–Crippen MR) is 122 cm³/mol. The predicted octanol–water partition coefficient (Wildman–Crippen LogP) is 4.50. The lowest BCUT2D eigenvalue weighted by molar-refractivity contribution is 0.114. The van der Waals surface area contributed by atoms with Crippen LogP contribution < -0.4 is 5.32 Å². The Balaban J connectivity index is 0.00000243. The molecule has 4 nitrogen and oxygen atoms in total.